The number of morpholine rings is 1. The molecule has 4 heterocycles. The first-order chi connectivity index (χ1) is 11.3. The van der Waals surface area contributed by atoms with E-state index < -0.39 is 0 Å². The molecule has 0 radical (unpaired) electrons. The predicted octanol–water partition coefficient (Wildman–Crippen LogP) is 1.29. The van der Waals surface area contributed by atoms with Crippen LogP contribution in [-0.4, -0.2) is 52.5 Å². The van der Waals surface area contributed by atoms with Crippen molar-refractivity contribution in [2.24, 2.45) is 0 Å². The third-order valence-corrected chi connectivity index (χ3v) is 4.49. The minimum absolute atomic E-state index is 0.0509. The third-order valence-electron chi connectivity index (χ3n) is 4.49. The molecule has 2 unspecified atom stereocenters. The van der Waals surface area contributed by atoms with Gasteiger partial charge in [0.1, 0.15) is 12.4 Å². The number of rotatable bonds is 4. The van der Waals surface area contributed by atoms with Crippen LogP contribution in [0.15, 0.2) is 47.3 Å². The predicted molar refractivity (Wildman–Crippen MR) is 82.3 cm³/mol. The standard InChI is InChI=1S/C17H19N3O3/c21-17-12-23-16-11-19(9-14-4-2-6-22-14)10-15(16)20(17)8-13-3-1-5-18-7-13/h1-7,15-16H,8-12H2. The summed E-state index contributed by atoms with van der Waals surface area (Å²) in [5.41, 5.74) is 1.05. The summed E-state index contributed by atoms with van der Waals surface area (Å²) in [6.45, 7) is 3.12. The lowest BCUT2D eigenvalue weighted by Gasteiger charge is -2.36. The van der Waals surface area contributed by atoms with Gasteiger partial charge in [0, 0.05) is 32.0 Å². The zero-order valence-corrected chi connectivity index (χ0v) is 12.8. The smallest absolute Gasteiger partial charge is 0.249 e. The number of carbonyl (C=O) groups excluding carboxylic acids is 1. The fourth-order valence-corrected chi connectivity index (χ4v) is 3.39. The molecule has 0 N–H and O–H groups in total. The van der Waals surface area contributed by atoms with Crippen molar-refractivity contribution in [3.8, 4) is 0 Å². The van der Waals surface area contributed by atoms with Crippen LogP contribution in [0.4, 0.5) is 0 Å². The molecule has 2 atom stereocenters. The van der Waals surface area contributed by atoms with Crippen molar-refractivity contribution in [3.63, 3.8) is 0 Å². The normalized spacial score (nSPS) is 24.9. The highest BCUT2D eigenvalue weighted by Gasteiger charge is 2.43. The Kier molecular flexibility index (Phi) is 3.85. The van der Waals surface area contributed by atoms with E-state index in [1.54, 1.807) is 12.5 Å². The molecule has 0 bridgehead atoms. The molecule has 0 aromatic carbocycles. The number of amides is 1. The van der Waals surface area contributed by atoms with Crippen LogP contribution in [-0.2, 0) is 22.6 Å². The van der Waals surface area contributed by atoms with Crippen molar-refractivity contribution in [1.82, 2.24) is 14.8 Å². The van der Waals surface area contributed by atoms with E-state index in [0.29, 0.717) is 6.54 Å². The summed E-state index contributed by atoms with van der Waals surface area (Å²) in [6.07, 6.45) is 5.31. The maximum atomic E-state index is 12.3. The minimum atomic E-state index is 0.0509. The Morgan fingerprint density at radius 3 is 2.96 bits per heavy atom. The molecule has 2 aliphatic rings. The van der Waals surface area contributed by atoms with Gasteiger partial charge in [-0.25, -0.2) is 0 Å². The molecule has 120 valence electrons. The number of carbonyl (C=O) groups is 1. The highest BCUT2D eigenvalue weighted by Crippen LogP contribution is 2.26. The Morgan fingerprint density at radius 2 is 2.17 bits per heavy atom. The Morgan fingerprint density at radius 1 is 1.22 bits per heavy atom. The topological polar surface area (TPSA) is 58.8 Å². The van der Waals surface area contributed by atoms with Crippen LogP contribution >= 0.6 is 0 Å². The zero-order valence-electron chi connectivity index (χ0n) is 12.8. The van der Waals surface area contributed by atoms with E-state index in [-0.39, 0.29) is 24.7 Å². The van der Waals surface area contributed by atoms with Crippen LogP contribution in [0.25, 0.3) is 0 Å². The first kappa shape index (κ1) is 14.4. The molecule has 4 rings (SSSR count). The summed E-state index contributed by atoms with van der Waals surface area (Å²) in [5, 5.41) is 0. The molecule has 6 nitrogen and oxygen atoms in total. The minimum Gasteiger partial charge on any atom is -0.468 e. The Bertz CT molecular complexity index is 659. The molecular formula is C17H19N3O3. The van der Waals surface area contributed by atoms with E-state index in [9.17, 15) is 4.79 Å². The van der Waals surface area contributed by atoms with Gasteiger partial charge in [0.05, 0.1) is 25.0 Å². The van der Waals surface area contributed by atoms with Gasteiger partial charge in [0.25, 0.3) is 0 Å². The number of aromatic nitrogens is 1. The first-order valence-corrected chi connectivity index (χ1v) is 7.84. The second-order valence-corrected chi connectivity index (χ2v) is 6.07. The second-order valence-electron chi connectivity index (χ2n) is 6.07. The number of fused-ring (bicyclic) bond motifs is 1. The van der Waals surface area contributed by atoms with E-state index in [1.807, 2.05) is 35.4 Å². The molecule has 2 saturated heterocycles. The summed E-state index contributed by atoms with van der Waals surface area (Å²) in [6, 6.07) is 7.86. The highest BCUT2D eigenvalue weighted by atomic mass is 16.5. The maximum absolute atomic E-state index is 12.3. The van der Waals surface area contributed by atoms with Crippen LogP contribution in [0.1, 0.15) is 11.3 Å². The highest BCUT2D eigenvalue weighted by molar-refractivity contribution is 5.78. The van der Waals surface area contributed by atoms with Crippen LogP contribution in [0.2, 0.25) is 0 Å². The maximum Gasteiger partial charge on any atom is 0.249 e. The van der Waals surface area contributed by atoms with Gasteiger partial charge in [-0.2, -0.15) is 0 Å². The van der Waals surface area contributed by atoms with Crippen LogP contribution in [0.5, 0.6) is 0 Å². The average Bonchev–Trinajstić information content (AvgIpc) is 3.21. The number of likely N-dealkylation sites (tertiary alicyclic amines) is 1. The third kappa shape index (κ3) is 3.00. The molecule has 0 saturated carbocycles. The number of pyridine rings is 1. The molecule has 2 aromatic rings. The number of furan rings is 1. The number of nitrogens with zero attached hydrogens (tertiary/aromatic N) is 3. The molecule has 0 spiro atoms. The number of ether oxygens (including phenoxy) is 1. The van der Waals surface area contributed by atoms with Gasteiger partial charge in [-0.15, -0.1) is 0 Å². The average molecular weight is 313 g/mol. The second kappa shape index (κ2) is 6.14. The summed E-state index contributed by atoms with van der Waals surface area (Å²) in [5.74, 6) is 0.990. The van der Waals surface area contributed by atoms with Crippen molar-refractivity contribution in [2.45, 2.75) is 25.2 Å². The molecule has 6 heteroatoms. The van der Waals surface area contributed by atoms with E-state index in [0.717, 1.165) is 31.0 Å². The quantitative estimate of drug-likeness (QED) is 0.851. The summed E-state index contributed by atoms with van der Waals surface area (Å²) in [7, 11) is 0. The zero-order chi connectivity index (χ0) is 15.6. The van der Waals surface area contributed by atoms with Crippen LogP contribution in [0, 0.1) is 0 Å². The lowest BCUT2D eigenvalue weighted by molar-refractivity contribution is -0.153. The lowest BCUT2D eigenvalue weighted by Crippen LogP contribution is -2.53. The summed E-state index contributed by atoms with van der Waals surface area (Å²) < 4.78 is 11.2. The molecule has 1 amide bonds. The van der Waals surface area contributed by atoms with Gasteiger partial charge in [-0.05, 0) is 23.8 Å². The molecule has 0 aliphatic carbocycles. The molecular weight excluding hydrogens is 294 g/mol. The fourth-order valence-electron chi connectivity index (χ4n) is 3.39. The van der Waals surface area contributed by atoms with E-state index in [4.69, 9.17) is 9.15 Å². The van der Waals surface area contributed by atoms with Crippen molar-refractivity contribution in [3.05, 3.63) is 54.2 Å². The van der Waals surface area contributed by atoms with Gasteiger partial charge in [0.2, 0.25) is 5.91 Å². The van der Waals surface area contributed by atoms with Crippen LogP contribution < -0.4 is 0 Å². The van der Waals surface area contributed by atoms with Gasteiger partial charge >= 0.3 is 0 Å². The van der Waals surface area contributed by atoms with Gasteiger partial charge in [-0.3, -0.25) is 14.7 Å². The Hall–Kier alpha value is -2.18. The van der Waals surface area contributed by atoms with E-state index >= 15 is 0 Å². The SMILES string of the molecule is O=C1COC2CN(Cc3ccco3)CC2N1Cc1cccnc1. The van der Waals surface area contributed by atoms with E-state index in [2.05, 4.69) is 9.88 Å². The van der Waals surface area contributed by atoms with Gasteiger partial charge in [0.15, 0.2) is 0 Å². The molecule has 2 aromatic heterocycles. The number of hydrogen-bond donors (Lipinski definition) is 0. The fraction of sp³-hybridized carbons (Fsp3) is 0.412. The Balaban J connectivity index is 1.47. The van der Waals surface area contributed by atoms with Gasteiger partial charge < -0.3 is 14.1 Å². The Labute approximate surface area is 134 Å². The molecule has 2 aliphatic heterocycles. The van der Waals surface area contributed by atoms with E-state index in [1.165, 1.54) is 0 Å². The summed E-state index contributed by atoms with van der Waals surface area (Å²) >= 11 is 0. The van der Waals surface area contributed by atoms with Crippen molar-refractivity contribution < 1.29 is 13.9 Å². The van der Waals surface area contributed by atoms with Crippen LogP contribution in [0.3, 0.4) is 0 Å². The first-order valence-electron chi connectivity index (χ1n) is 7.84. The van der Waals surface area contributed by atoms with Crippen molar-refractivity contribution >= 4 is 5.91 Å². The monoisotopic (exact) mass is 313 g/mol. The largest absolute Gasteiger partial charge is 0.468 e. The molecule has 2 fully saturated rings. The number of hydrogen-bond acceptors (Lipinski definition) is 5. The summed E-state index contributed by atoms with van der Waals surface area (Å²) in [4.78, 5) is 20.7. The van der Waals surface area contributed by atoms with Crippen molar-refractivity contribution in [1.29, 1.82) is 0 Å². The molecule has 23 heavy (non-hydrogen) atoms. The lowest BCUT2D eigenvalue weighted by atomic mass is 10.1. The van der Waals surface area contributed by atoms with Gasteiger partial charge in [-0.1, -0.05) is 6.07 Å². The van der Waals surface area contributed by atoms with Crippen molar-refractivity contribution in [2.75, 3.05) is 19.7 Å².